The lowest BCUT2D eigenvalue weighted by atomic mass is 10.0. The molecule has 0 aliphatic rings. The molecule has 0 spiro atoms. The smallest absolute Gasteiger partial charge is 0.115 e. The molecule has 3 N–H and O–H groups in total. The van der Waals surface area contributed by atoms with Crippen LogP contribution in [-0.4, -0.2) is 15.3 Å². The second-order valence-corrected chi connectivity index (χ2v) is 4.45. The summed E-state index contributed by atoms with van der Waals surface area (Å²) in [6, 6.07) is 7.66. The fraction of sp³-hybridized carbons (Fsp3) is 0.357. The molecule has 0 aliphatic heterocycles. The summed E-state index contributed by atoms with van der Waals surface area (Å²) in [7, 11) is 0. The van der Waals surface area contributed by atoms with Crippen LogP contribution >= 0.6 is 0 Å². The predicted octanol–water partition coefficient (Wildman–Crippen LogP) is 2.66. The quantitative estimate of drug-likeness (QED) is 0.759. The lowest BCUT2D eigenvalue weighted by Crippen LogP contribution is -2.20. The number of nitrogens with one attached hydrogen (secondary N) is 2. The van der Waals surface area contributed by atoms with Gasteiger partial charge in [-0.2, -0.15) is 5.10 Å². The lowest BCUT2D eigenvalue weighted by Gasteiger charge is -2.17. The molecule has 0 saturated heterocycles. The normalized spacial score (nSPS) is 12.6. The summed E-state index contributed by atoms with van der Waals surface area (Å²) in [5, 5.41) is 19.7. The van der Waals surface area contributed by atoms with Crippen molar-refractivity contribution in [3.63, 3.8) is 0 Å². The number of aryl methyl sites for hydroxylation is 1. The van der Waals surface area contributed by atoms with Crippen molar-refractivity contribution in [1.29, 1.82) is 0 Å². The molecule has 0 aliphatic carbocycles. The number of phenols is 1. The van der Waals surface area contributed by atoms with Crippen molar-refractivity contribution in [1.82, 2.24) is 15.5 Å². The van der Waals surface area contributed by atoms with Crippen LogP contribution in [0, 0.1) is 6.92 Å². The van der Waals surface area contributed by atoms with E-state index in [1.807, 2.05) is 25.3 Å². The van der Waals surface area contributed by atoms with Crippen LogP contribution in [0.5, 0.6) is 5.75 Å². The molecule has 1 heterocycles. The third-order valence-corrected chi connectivity index (χ3v) is 3.18. The number of phenolic OH excluding ortho intramolecular Hbond substituents is 1. The molecule has 2 aromatic rings. The Balaban J connectivity index is 2.01. The van der Waals surface area contributed by atoms with Crippen LogP contribution in [0.25, 0.3) is 0 Å². The first-order chi connectivity index (χ1) is 8.70. The van der Waals surface area contributed by atoms with Crippen molar-refractivity contribution in [3.05, 3.63) is 47.3 Å². The Bertz CT molecular complexity index is 490. The molecule has 0 amide bonds. The fourth-order valence-electron chi connectivity index (χ4n) is 1.99. The van der Waals surface area contributed by atoms with Crippen molar-refractivity contribution < 1.29 is 5.11 Å². The first-order valence-corrected chi connectivity index (χ1v) is 6.22. The summed E-state index contributed by atoms with van der Waals surface area (Å²) >= 11 is 0. The van der Waals surface area contributed by atoms with E-state index < -0.39 is 0 Å². The number of rotatable bonds is 5. The first kappa shape index (κ1) is 12.6. The van der Waals surface area contributed by atoms with E-state index >= 15 is 0 Å². The standard InChI is InChI=1S/C14H19N3O/c1-3-14(11-4-6-13(18)7-5-11)15-8-12-9-16-17-10(12)2/h4-7,9,14-15,18H,3,8H2,1-2H3,(H,16,17). The Morgan fingerprint density at radius 1 is 1.33 bits per heavy atom. The molecule has 4 heteroatoms. The Morgan fingerprint density at radius 2 is 2.06 bits per heavy atom. The third-order valence-electron chi connectivity index (χ3n) is 3.18. The number of aromatic hydroxyl groups is 1. The minimum Gasteiger partial charge on any atom is -0.508 e. The summed E-state index contributed by atoms with van der Waals surface area (Å²) in [5.41, 5.74) is 3.48. The first-order valence-electron chi connectivity index (χ1n) is 6.22. The highest BCUT2D eigenvalue weighted by Gasteiger charge is 2.09. The van der Waals surface area contributed by atoms with E-state index in [9.17, 15) is 5.11 Å². The third kappa shape index (κ3) is 2.90. The highest BCUT2D eigenvalue weighted by Crippen LogP contribution is 2.20. The summed E-state index contributed by atoms with van der Waals surface area (Å²) in [6.45, 7) is 4.96. The van der Waals surface area contributed by atoms with Crippen LogP contribution in [0.1, 0.15) is 36.2 Å². The minimum atomic E-state index is 0.292. The summed E-state index contributed by atoms with van der Waals surface area (Å²) < 4.78 is 0. The van der Waals surface area contributed by atoms with Crippen molar-refractivity contribution >= 4 is 0 Å². The van der Waals surface area contributed by atoms with Crippen LogP contribution in [0.2, 0.25) is 0 Å². The molecule has 0 radical (unpaired) electrons. The maximum atomic E-state index is 9.29. The second kappa shape index (κ2) is 5.69. The zero-order valence-corrected chi connectivity index (χ0v) is 10.8. The van der Waals surface area contributed by atoms with E-state index in [1.54, 1.807) is 12.1 Å². The summed E-state index contributed by atoms with van der Waals surface area (Å²) in [5.74, 6) is 0.305. The Morgan fingerprint density at radius 3 is 2.61 bits per heavy atom. The predicted molar refractivity (Wildman–Crippen MR) is 71.3 cm³/mol. The molecule has 1 unspecified atom stereocenters. The fourth-order valence-corrected chi connectivity index (χ4v) is 1.99. The van der Waals surface area contributed by atoms with Gasteiger partial charge in [-0.15, -0.1) is 0 Å². The average Bonchev–Trinajstić information content (AvgIpc) is 2.78. The zero-order chi connectivity index (χ0) is 13.0. The molecule has 4 nitrogen and oxygen atoms in total. The number of hydrogen-bond donors (Lipinski definition) is 3. The van der Waals surface area contributed by atoms with Gasteiger partial charge in [-0.3, -0.25) is 5.10 Å². The van der Waals surface area contributed by atoms with Crippen LogP contribution < -0.4 is 5.32 Å². The SMILES string of the molecule is CCC(NCc1cn[nH]c1C)c1ccc(O)cc1. The van der Waals surface area contributed by atoms with Gasteiger partial charge < -0.3 is 10.4 Å². The maximum Gasteiger partial charge on any atom is 0.115 e. The molecule has 0 saturated carbocycles. The molecule has 2 rings (SSSR count). The van der Waals surface area contributed by atoms with Crippen molar-refractivity contribution in [2.75, 3.05) is 0 Å². The number of aromatic nitrogens is 2. The van der Waals surface area contributed by atoms with E-state index in [-0.39, 0.29) is 0 Å². The molecule has 0 fully saturated rings. The highest BCUT2D eigenvalue weighted by molar-refractivity contribution is 5.28. The van der Waals surface area contributed by atoms with Gasteiger partial charge in [-0.25, -0.2) is 0 Å². The van der Waals surface area contributed by atoms with Gasteiger partial charge in [0.2, 0.25) is 0 Å². The highest BCUT2D eigenvalue weighted by atomic mass is 16.3. The van der Waals surface area contributed by atoms with E-state index in [0.29, 0.717) is 11.8 Å². The number of benzene rings is 1. The topological polar surface area (TPSA) is 60.9 Å². The lowest BCUT2D eigenvalue weighted by molar-refractivity contribution is 0.473. The number of H-pyrrole nitrogens is 1. The van der Waals surface area contributed by atoms with Crippen molar-refractivity contribution in [3.8, 4) is 5.75 Å². The molecule has 1 atom stereocenters. The second-order valence-electron chi connectivity index (χ2n) is 4.45. The molecule has 18 heavy (non-hydrogen) atoms. The number of nitrogens with zero attached hydrogens (tertiary/aromatic N) is 1. The van der Waals surface area contributed by atoms with Gasteiger partial charge in [-0.1, -0.05) is 19.1 Å². The Hall–Kier alpha value is -1.81. The van der Waals surface area contributed by atoms with E-state index in [0.717, 1.165) is 18.7 Å². The number of hydrogen-bond acceptors (Lipinski definition) is 3. The minimum absolute atomic E-state index is 0.292. The van der Waals surface area contributed by atoms with Crippen molar-refractivity contribution in [2.45, 2.75) is 32.9 Å². The maximum absolute atomic E-state index is 9.29. The van der Waals surface area contributed by atoms with Gasteiger partial charge in [0.15, 0.2) is 0 Å². The average molecular weight is 245 g/mol. The van der Waals surface area contributed by atoms with E-state index in [1.165, 1.54) is 11.1 Å². The molecule has 0 bridgehead atoms. The van der Waals surface area contributed by atoms with Crippen LogP contribution in [-0.2, 0) is 6.54 Å². The molecular formula is C14H19N3O. The van der Waals surface area contributed by atoms with Crippen LogP contribution in [0.15, 0.2) is 30.5 Å². The van der Waals surface area contributed by atoms with Gasteiger partial charge in [0.05, 0.1) is 6.20 Å². The van der Waals surface area contributed by atoms with Gasteiger partial charge in [0.25, 0.3) is 0 Å². The largest absolute Gasteiger partial charge is 0.508 e. The molecule has 1 aromatic heterocycles. The van der Waals surface area contributed by atoms with Crippen molar-refractivity contribution in [2.24, 2.45) is 0 Å². The molecule has 96 valence electrons. The summed E-state index contributed by atoms with van der Waals surface area (Å²) in [6.07, 6.45) is 2.85. The van der Waals surface area contributed by atoms with Gasteiger partial charge in [0.1, 0.15) is 5.75 Å². The van der Waals surface area contributed by atoms with E-state index in [2.05, 4.69) is 22.4 Å². The summed E-state index contributed by atoms with van der Waals surface area (Å²) in [4.78, 5) is 0. The van der Waals surface area contributed by atoms with Crippen LogP contribution in [0.4, 0.5) is 0 Å². The van der Waals surface area contributed by atoms with Crippen LogP contribution in [0.3, 0.4) is 0 Å². The van der Waals surface area contributed by atoms with Gasteiger partial charge in [-0.05, 0) is 31.0 Å². The zero-order valence-electron chi connectivity index (χ0n) is 10.8. The molecular weight excluding hydrogens is 226 g/mol. The Kier molecular flexibility index (Phi) is 3.99. The van der Waals surface area contributed by atoms with Gasteiger partial charge >= 0.3 is 0 Å². The van der Waals surface area contributed by atoms with E-state index in [4.69, 9.17) is 0 Å². The van der Waals surface area contributed by atoms with Gasteiger partial charge in [0, 0.05) is 23.8 Å². The number of aromatic amines is 1. The monoisotopic (exact) mass is 245 g/mol. The molecule has 1 aromatic carbocycles. The Labute approximate surface area is 107 Å².